The highest BCUT2D eigenvalue weighted by molar-refractivity contribution is 7.10. The molecule has 0 spiro atoms. The molecule has 0 saturated heterocycles. The Morgan fingerprint density at radius 1 is 1.33 bits per heavy atom. The van der Waals surface area contributed by atoms with Gasteiger partial charge in [-0.1, -0.05) is 0 Å². The predicted octanol–water partition coefficient (Wildman–Crippen LogP) is 4.57. The number of rotatable bonds is 2. The molecule has 1 N–H and O–H groups in total. The minimum atomic E-state index is -4.55. The summed E-state index contributed by atoms with van der Waals surface area (Å²) in [6.07, 6.45) is -4.55. The summed E-state index contributed by atoms with van der Waals surface area (Å²) in [4.78, 5) is 14.0. The van der Waals surface area contributed by atoms with Crippen LogP contribution < -0.4 is 0 Å². The number of esters is 1. The Labute approximate surface area is 138 Å². The number of fused-ring (bicyclic) bond motifs is 1. The average Bonchev–Trinajstić information content (AvgIpc) is 3.16. The second-order valence-electron chi connectivity index (χ2n) is 4.90. The summed E-state index contributed by atoms with van der Waals surface area (Å²) in [7, 11) is 1.15. The van der Waals surface area contributed by atoms with Gasteiger partial charge < -0.3 is 9.72 Å². The van der Waals surface area contributed by atoms with E-state index < -0.39 is 17.0 Å². The third kappa shape index (κ3) is 2.53. The fraction of sp³-hybridized carbons (Fsp3) is 0.125. The molecule has 0 unspecified atom stereocenters. The molecule has 8 heteroatoms. The minimum absolute atomic E-state index is 0.0773. The summed E-state index contributed by atoms with van der Waals surface area (Å²) in [5.41, 5.74) is 0.620. The van der Waals surface area contributed by atoms with Crippen LogP contribution in [-0.4, -0.2) is 18.1 Å². The molecule has 0 amide bonds. The van der Waals surface area contributed by atoms with Crippen LogP contribution in [0.15, 0.2) is 29.6 Å². The van der Waals surface area contributed by atoms with Gasteiger partial charge >= 0.3 is 12.1 Å². The van der Waals surface area contributed by atoms with E-state index in [1.54, 1.807) is 6.07 Å². The zero-order valence-corrected chi connectivity index (χ0v) is 13.0. The Balaban J connectivity index is 2.39. The SMILES string of the molecule is COC(=O)c1[nH]c2ccc(C#N)cc2c1-c1ccsc1C(F)(F)F. The van der Waals surface area contributed by atoms with Gasteiger partial charge in [0.05, 0.1) is 18.7 Å². The second-order valence-corrected chi connectivity index (χ2v) is 5.82. The monoisotopic (exact) mass is 350 g/mol. The van der Waals surface area contributed by atoms with Crippen molar-refractivity contribution in [1.29, 1.82) is 5.26 Å². The molecule has 0 atom stereocenters. The van der Waals surface area contributed by atoms with Crippen LogP contribution in [-0.2, 0) is 10.9 Å². The summed E-state index contributed by atoms with van der Waals surface area (Å²) < 4.78 is 44.5. The van der Waals surface area contributed by atoms with Crippen molar-refractivity contribution in [2.75, 3.05) is 7.11 Å². The lowest BCUT2D eigenvalue weighted by Gasteiger charge is -2.08. The number of H-pyrrole nitrogens is 1. The van der Waals surface area contributed by atoms with E-state index in [9.17, 15) is 18.0 Å². The Hall–Kier alpha value is -2.79. The van der Waals surface area contributed by atoms with Crippen molar-refractivity contribution in [3.8, 4) is 17.2 Å². The molecule has 2 heterocycles. The van der Waals surface area contributed by atoms with E-state index in [2.05, 4.69) is 9.72 Å². The average molecular weight is 350 g/mol. The van der Waals surface area contributed by atoms with Gasteiger partial charge in [0.2, 0.25) is 0 Å². The van der Waals surface area contributed by atoms with Crippen molar-refractivity contribution in [2.45, 2.75) is 6.18 Å². The molecule has 0 aliphatic heterocycles. The first kappa shape index (κ1) is 16.1. The van der Waals surface area contributed by atoms with Crippen LogP contribution in [0.3, 0.4) is 0 Å². The van der Waals surface area contributed by atoms with Crippen molar-refractivity contribution in [2.24, 2.45) is 0 Å². The van der Waals surface area contributed by atoms with Crippen molar-refractivity contribution in [3.63, 3.8) is 0 Å². The molecule has 3 rings (SSSR count). The first-order valence-electron chi connectivity index (χ1n) is 6.66. The summed E-state index contributed by atoms with van der Waals surface area (Å²) in [6.45, 7) is 0. The topological polar surface area (TPSA) is 65.9 Å². The number of methoxy groups -OCH3 is 1. The Morgan fingerprint density at radius 3 is 2.71 bits per heavy atom. The lowest BCUT2D eigenvalue weighted by atomic mass is 10.0. The van der Waals surface area contributed by atoms with Crippen LogP contribution in [0.5, 0.6) is 0 Å². The van der Waals surface area contributed by atoms with Crippen LogP contribution in [0.25, 0.3) is 22.0 Å². The predicted molar refractivity (Wildman–Crippen MR) is 82.7 cm³/mol. The molecule has 0 saturated carbocycles. The maximum absolute atomic E-state index is 13.3. The number of nitrogens with one attached hydrogen (secondary N) is 1. The van der Waals surface area contributed by atoms with E-state index in [1.807, 2.05) is 6.07 Å². The summed E-state index contributed by atoms with van der Waals surface area (Å²) in [5.74, 6) is -0.779. The second kappa shape index (κ2) is 5.69. The molecular weight excluding hydrogens is 341 g/mol. The molecule has 0 aliphatic rings. The molecule has 2 aromatic heterocycles. The van der Waals surface area contributed by atoms with Gasteiger partial charge in [0, 0.05) is 22.0 Å². The van der Waals surface area contributed by atoms with E-state index in [1.165, 1.54) is 23.6 Å². The van der Waals surface area contributed by atoms with Crippen LogP contribution in [0.1, 0.15) is 20.9 Å². The molecule has 0 fully saturated rings. The molecule has 4 nitrogen and oxygen atoms in total. The number of hydrogen-bond donors (Lipinski definition) is 1. The summed E-state index contributed by atoms with van der Waals surface area (Å²) >= 11 is 0.545. The van der Waals surface area contributed by atoms with Gasteiger partial charge in [-0.15, -0.1) is 11.3 Å². The van der Waals surface area contributed by atoms with Crippen molar-refractivity contribution < 1.29 is 22.7 Å². The van der Waals surface area contributed by atoms with Crippen LogP contribution in [0.2, 0.25) is 0 Å². The highest BCUT2D eigenvalue weighted by atomic mass is 32.1. The van der Waals surface area contributed by atoms with Crippen LogP contribution >= 0.6 is 11.3 Å². The highest BCUT2D eigenvalue weighted by Gasteiger charge is 2.37. The van der Waals surface area contributed by atoms with Crippen LogP contribution in [0, 0.1) is 11.3 Å². The van der Waals surface area contributed by atoms with E-state index in [4.69, 9.17) is 5.26 Å². The standard InChI is InChI=1S/C16H9F3N2O2S/c1-23-15(22)13-12(9-4-5-24-14(9)16(17,18)19)10-6-8(7-20)2-3-11(10)21-13/h2-6,21H,1H3. The molecule has 0 bridgehead atoms. The molecule has 0 aliphatic carbocycles. The number of nitrogens with zero attached hydrogens (tertiary/aromatic N) is 1. The Morgan fingerprint density at radius 2 is 2.08 bits per heavy atom. The number of halogens is 3. The number of aromatic amines is 1. The third-order valence-corrected chi connectivity index (χ3v) is 4.47. The smallest absolute Gasteiger partial charge is 0.426 e. The number of ether oxygens (including phenoxy) is 1. The van der Waals surface area contributed by atoms with Gasteiger partial charge in [-0.05, 0) is 29.6 Å². The number of carbonyl (C=O) groups is 1. The van der Waals surface area contributed by atoms with Gasteiger partial charge in [0.25, 0.3) is 0 Å². The van der Waals surface area contributed by atoms with Gasteiger partial charge in [0.15, 0.2) is 0 Å². The molecule has 0 radical (unpaired) electrons. The lowest BCUT2D eigenvalue weighted by Crippen LogP contribution is -2.06. The zero-order valence-electron chi connectivity index (χ0n) is 12.2. The quantitative estimate of drug-likeness (QED) is 0.688. The van der Waals surface area contributed by atoms with E-state index in [-0.39, 0.29) is 22.4 Å². The normalized spacial score (nSPS) is 11.5. The number of alkyl halides is 3. The number of carbonyl (C=O) groups excluding carboxylic acids is 1. The summed E-state index contributed by atoms with van der Waals surface area (Å²) in [6, 6.07) is 7.76. The van der Waals surface area contributed by atoms with Gasteiger partial charge in [-0.25, -0.2) is 4.79 Å². The number of hydrogen-bond acceptors (Lipinski definition) is 4. The molecule has 3 aromatic rings. The molecule has 1 aromatic carbocycles. The fourth-order valence-electron chi connectivity index (χ4n) is 2.52. The number of nitriles is 1. The van der Waals surface area contributed by atoms with Crippen molar-refractivity contribution in [3.05, 3.63) is 45.8 Å². The van der Waals surface area contributed by atoms with E-state index in [0.29, 0.717) is 22.2 Å². The van der Waals surface area contributed by atoms with Crippen LogP contribution in [0.4, 0.5) is 13.2 Å². The van der Waals surface area contributed by atoms with Gasteiger partial charge in [0.1, 0.15) is 10.6 Å². The third-order valence-electron chi connectivity index (χ3n) is 3.51. The van der Waals surface area contributed by atoms with Crippen molar-refractivity contribution in [1.82, 2.24) is 4.98 Å². The Bertz CT molecular complexity index is 980. The maximum atomic E-state index is 13.3. The maximum Gasteiger partial charge on any atom is 0.426 e. The zero-order chi connectivity index (χ0) is 17.5. The first-order valence-corrected chi connectivity index (χ1v) is 7.54. The van der Waals surface area contributed by atoms with Gasteiger partial charge in [-0.3, -0.25) is 0 Å². The molecule has 24 heavy (non-hydrogen) atoms. The first-order chi connectivity index (χ1) is 11.4. The summed E-state index contributed by atoms with van der Waals surface area (Å²) in [5, 5.41) is 10.7. The lowest BCUT2D eigenvalue weighted by molar-refractivity contribution is -0.133. The van der Waals surface area contributed by atoms with E-state index >= 15 is 0 Å². The largest absolute Gasteiger partial charge is 0.464 e. The number of thiophene rings is 1. The molecule has 122 valence electrons. The molecular formula is C16H9F3N2O2S. The number of aromatic nitrogens is 1. The van der Waals surface area contributed by atoms with Gasteiger partial charge in [-0.2, -0.15) is 18.4 Å². The minimum Gasteiger partial charge on any atom is -0.464 e. The highest BCUT2D eigenvalue weighted by Crippen LogP contribution is 2.44. The number of benzene rings is 1. The van der Waals surface area contributed by atoms with Crippen molar-refractivity contribution >= 4 is 28.2 Å². The van der Waals surface area contributed by atoms with E-state index in [0.717, 1.165) is 7.11 Å². The fourth-order valence-corrected chi connectivity index (χ4v) is 3.29. The Kier molecular flexibility index (Phi) is 3.81.